The van der Waals surface area contributed by atoms with Crippen molar-refractivity contribution < 1.29 is 8.78 Å². The van der Waals surface area contributed by atoms with E-state index in [0.29, 0.717) is 12.0 Å². The summed E-state index contributed by atoms with van der Waals surface area (Å²) in [6.45, 7) is 0. The molecular weight excluding hydrogens is 290 g/mol. The Morgan fingerprint density at radius 3 is 2.76 bits per heavy atom. The fourth-order valence-corrected chi connectivity index (χ4v) is 3.60. The maximum Gasteiger partial charge on any atom is 0.126 e. The number of hydrogen-bond acceptors (Lipinski definition) is 0. The molecule has 3 rings (SSSR count). The monoisotopic (exact) mass is 306 g/mol. The minimum absolute atomic E-state index is 0.131. The molecule has 0 saturated heterocycles. The zero-order valence-electron chi connectivity index (χ0n) is 11.7. The molecule has 2 unspecified atom stereocenters. The number of benzene rings is 2. The molecule has 0 aliphatic heterocycles. The van der Waals surface area contributed by atoms with Crippen LogP contribution in [0.3, 0.4) is 0 Å². The molecule has 0 amide bonds. The van der Waals surface area contributed by atoms with Crippen LogP contribution in [0.4, 0.5) is 8.78 Å². The predicted octanol–water partition coefficient (Wildman–Crippen LogP) is 5.44. The minimum atomic E-state index is -0.397. The number of hydrogen-bond donors (Lipinski definition) is 0. The van der Waals surface area contributed by atoms with Crippen LogP contribution in [-0.4, -0.2) is 0 Å². The second-order valence-corrected chi connectivity index (χ2v) is 6.16. The molecule has 0 radical (unpaired) electrons. The highest BCUT2D eigenvalue weighted by Crippen LogP contribution is 2.39. The van der Waals surface area contributed by atoms with Crippen molar-refractivity contribution in [3.8, 4) is 0 Å². The fourth-order valence-electron chi connectivity index (χ4n) is 3.17. The van der Waals surface area contributed by atoms with E-state index in [1.807, 2.05) is 18.2 Å². The van der Waals surface area contributed by atoms with Gasteiger partial charge in [0.15, 0.2) is 0 Å². The van der Waals surface area contributed by atoms with Gasteiger partial charge in [-0.1, -0.05) is 24.3 Å². The molecule has 2 atom stereocenters. The largest absolute Gasteiger partial charge is 0.207 e. The third-order valence-corrected chi connectivity index (χ3v) is 4.87. The van der Waals surface area contributed by atoms with E-state index in [1.165, 1.54) is 17.7 Å². The van der Waals surface area contributed by atoms with E-state index in [4.69, 9.17) is 11.6 Å². The van der Waals surface area contributed by atoms with E-state index >= 15 is 0 Å². The van der Waals surface area contributed by atoms with Gasteiger partial charge in [0, 0.05) is 0 Å². The first-order valence-electron chi connectivity index (χ1n) is 7.31. The van der Waals surface area contributed by atoms with Crippen LogP contribution in [0.5, 0.6) is 0 Å². The topological polar surface area (TPSA) is 0 Å². The number of halogens is 3. The summed E-state index contributed by atoms with van der Waals surface area (Å²) in [5, 5.41) is -0.147. The molecule has 0 spiro atoms. The Morgan fingerprint density at radius 1 is 1.10 bits per heavy atom. The first-order valence-corrected chi connectivity index (χ1v) is 7.74. The quantitative estimate of drug-likeness (QED) is 0.512. The summed E-state index contributed by atoms with van der Waals surface area (Å²) in [6.07, 6.45) is 3.44. The third-order valence-electron chi connectivity index (χ3n) is 4.28. The molecule has 0 heterocycles. The van der Waals surface area contributed by atoms with Crippen LogP contribution < -0.4 is 0 Å². The van der Waals surface area contributed by atoms with Gasteiger partial charge < -0.3 is 0 Å². The van der Waals surface area contributed by atoms with E-state index in [-0.39, 0.29) is 17.1 Å². The molecule has 2 aromatic rings. The van der Waals surface area contributed by atoms with E-state index in [2.05, 4.69) is 6.07 Å². The van der Waals surface area contributed by atoms with Crippen LogP contribution in [0.2, 0.25) is 0 Å². The van der Waals surface area contributed by atoms with Crippen molar-refractivity contribution in [2.45, 2.75) is 31.1 Å². The summed E-state index contributed by atoms with van der Waals surface area (Å²) < 4.78 is 27.2. The van der Waals surface area contributed by atoms with Crippen LogP contribution in [0, 0.1) is 17.6 Å². The van der Waals surface area contributed by atoms with Crippen molar-refractivity contribution in [1.29, 1.82) is 0 Å². The summed E-state index contributed by atoms with van der Waals surface area (Å²) in [5.41, 5.74) is 2.84. The Morgan fingerprint density at radius 2 is 1.90 bits per heavy atom. The standard InChI is InChI=1S/C18H17ClF2/c19-18-13(10-14-11-15(20)8-9-17(14)21)6-3-5-12-4-1-2-7-16(12)18/h1-2,4,7-9,11,13,18H,3,5-6,10H2. The highest BCUT2D eigenvalue weighted by Gasteiger charge is 2.26. The van der Waals surface area contributed by atoms with Crippen molar-refractivity contribution in [3.63, 3.8) is 0 Å². The molecule has 0 fully saturated rings. The number of aryl methyl sites for hydroxylation is 1. The molecule has 21 heavy (non-hydrogen) atoms. The molecule has 1 aliphatic rings. The average Bonchev–Trinajstić information content (AvgIpc) is 2.64. The SMILES string of the molecule is Fc1ccc(F)c(CC2CCCc3ccccc3C2Cl)c1. The highest BCUT2D eigenvalue weighted by molar-refractivity contribution is 6.21. The van der Waals surface area contributed by atoms with E-state index in [9.17, 15) is 8.78 Å². The van der Waals surface area contributed by atoms with Crippen molar-refractivity contribution >= 4 is 11.6 Å². The molecule has 0 saturated carbocycles. The molecule has 2 aromatic carbocycles. The summed E-state index contributed by atoms with van der Waals surface area (Å²) >= 11 is 6.64. The zero-order valence-corrected chi connectivity index (χ0v) is 12.4. The van der Waals surface area contributed by atoms with Gasteiger partial charge in [-0.3, -0.25) is 0 Å². The first kappa shape index (κ1) is 14.5. The predicted molar refractivity (Wildman–Crippen MR) is 81.5 cm³/mol. The number of alkyl halides is 1. The Hall–Kier alpha value is -1.41. The maximum absolute atomic E-state index is 13.8. The lowest BCUT2D eigenvalue weighted by molar-refractivity contribution is 0.452. The number of fused-ring (bicyclic) bond motifs is 1. The van der Waals surface area contributed by atoms with Crippen LogP contribution in [0.25, 0.3) is 0 Å². The Balaban J connectivity index is 1.87. The van der Waals surface area contributed by atoms with Crippen LogP contribution in [-0.2, 0) is 12.8 Å². The average molecular weight is 307 g/mol. The van der Waals surface area contributed by atoms with Crippen molar-refractivity contribution in [1.82, 2.24) is 0 Å². The normalized spacial score (nSPS) is 21.7. The molecule has 3 heteroatoms. The van der Waals surface area contributed by atoms with E-state index in [1.54, 1.807) is 0 Å². The first-order chi connectivity index (χ1) is 10.1. The molecule has 110 valence electrons. The van der Waals surface area contributed by atoms with Crippen LogP contribution in [0.1, 0.15) is 34.9 Å². The van der Waals surface area contributed by atoms with Gasteiger partial charge >= 0.3 is 0 Å². The van der Waals surface area contributed by atoms with Gasteiger partial charge in [-0.2, -0.15) is 0 Å². The van der Waals surface area contributed by atoms with Gasteiger partial charge in [0.2, 0.25) is 0 Å². The van der Waals surface area contributed by atoms with Gasteiger partial charge in [0.05, 0.1) is 5.38 Å². The van der Waals surface area contributed by atoms with Crippen molar-refractivity contribution in [3.05, 3.63) is 70.8 Å². The third kappa shape index (κ3) is 3.11. The minimum Gasteiger partial charge on any atom is -0.207 e. The summed E-state index contributed by atoms with van der Waals surface area (Å²) in [7, 11) is 0. The van der Waals surface area contributed by atoms with Crippen LogP contribution in [0.15, 0.2) is 42.5 Å². The van der Waals surface area contributed by atoms with E-state index in [0.717, 1.165) is 30.9 Å². The molecule has 0 N–H and O–H groups in total. The second-order valence-electron chi connectivity index (χ2n) is 5.69. The zero-order chi connectivity index (χ0) is 14.8. The maximum atomic E-state index is 13.8. The lowest BCUT2D eigenvalue weighted by Crippen LogP contribution is -2.12. The summed E-state index contributed by atoms with van der Waals surface area (Å²) in [5.74, 6) is -0.615. The van der Waals surface area contributed by atoms with Gasteiger partial charge in [-0.25, -0.2) is 8.78 Å². The van der Waals surface area contributed by atoms with Crippen molar-refractivity contribution in [2.75, 3.05) is 0 Å². The van der Waals surface area contributed by atoms with Gasteiger partial charge in [-0.15, -0.1) is 11.6 Å². The lowest BCUT2D eigenvalue weighted by Gasteiger charge is -2.21. The second kappa shape index (κ2) is 6.15. The Labute approximate surface area is 128 Å². The van der Waals surface area contributed by atoms with Crippen LogP contribution >= 0.6 is 11.6 Å². The number of rotatable bonds is 2. The lowest BCUT2D eigenvalue weighted by atomic mass is 9.90. The smallest absolute Gasteiger partial charge is 0.126 e. The van der Waals surface area contributed by atoms with Gasteiger partial charge in [0.25, 0.3) is 0 Å². The van der Waals surface area contributed by atoms with E-state index < -0.39 is 5.82 Å². The molecule has 0 aromatic heterocycles. The fraction of sp³-hybridized carbons (Fsp3) is 0.333. The Kier molecular flexibility index (Phi) is 4.25. The molecular formula is C18H17ClF2. The van der Waals surface area contributed by atoms with Gasteiger partial charge in [-0.05, 0) is 66.5 Å². The summed E-state index contributed by atoms with van der Waals surface area (Å²) in [6, 6.07) is 11.8. The molecule has 0 bridgehead atoms. The Bertz CT molecular complexity index is 639. The molecule has 1 aliphatic carbocycles. The van der Waals surface area contributed by atoms with Gasteiger partial charge in [0.1, 0.15) is 11.6 Å². The summed E-state index contributed by atoms with van der Waals surface area (Å²) in [4.78, 5) is 0. The highest BCUT2D eigenvalue weighted by atomic mass is 35.5. The molecule has 0 nitrogen and oxygen atoms in total. The van der Waals surface area contributed by atoms with Crippen molar-refractivity contribution in [2.24, 2.45) is 5.92 Å².